The van der Waals surface area contributed by atoms with Crippen molar-refractivity contribution >= 4 is 11.6 Å². The van der Waals surface area contributed by atoms with Crippen LogP contribution in [0.4, 0.5) is 5.69 Å². The highest BCUT2D eigenvalue weighted by atomic mass is 16.1. The van der Waals surface area contributed by atoms with E-state index in [-0.39, 0.29) is 5.91 Å². The summed E-state index contributed by atoms with van der Waals surface area (Å²) in [5, 5.41) is 10.7. The number of hydrogen-bond acceptors (Lipinski definition) is 3. The molecule has 0 spiro atoms. The van der Waals surface area contributed by atoms with Crippen LogP contribution in [0, 0.1) is 0 Å². The zero-order chi connectivity index (χ0) is 14.5. The molecule has 0 aromatic carbocycles. The molecule has 0 radical (unpaired) electrons. The highest BCUT2D eigenvalue weighted by Crippen LogP contribution is 2.22. The molecule has 5 nitrogen and oxygen atoms in total. The van der Waals surface area contributed by atoms with Crippen LogP contribution in [0.15, 0.2) is 24.0 Å². The number of anilines is 1. The fraction of sp³-hybridized carbons (Fsp3) is 0.625. The number of aromatic nitrogens is 2. The van der Waals surface area contributed by atoms with E-state index in [1.807, 2.05) is 10.9 Å². The summed E-state index contributed by atoms with van der Waals surface area (Å²) in [6, 6.07) is 0.456. The van der Waals surface area contributed by atoms with Gasteiger partial charge in [0.2, 0.25) is 5.91 Å². The Labute approximate surface area is 125 Å². The quantitative estimate of drug-likeness (QED) is 0.837. The van der Waals surface area contributed by atoms with Gasteiger partial charge in [-0.2, -0.15) is 5.10 Å². The Morgan fingerprint density at radius 3 is 3.00 bits per heavy atom. The van der Waals surface area contributed by atoms with Crippen molar-refractivity contribution in [2.24, 2.45) is 0 Å². The highest BCUT2D eigenvalue weighted by Gasteiger charge is 2.16. The second kappa shape index (κ2) is 6.89. The maximum atomic E-state index is 12.1. The van der Waals surface area contributed by atoms with Gasteiger partial charge in [0.25, 0.3) is 0 Å². The van der Waals surface area contributed by atoms with Crippen LogP contribution >= 0.6 is 0 Å². The van der Waals surface area contributed by atoms with Crippen LogP contribution in [0.2, 0.25) is 0 Å². The molecule has 1 aromatic heterocycles. The molecule has 0 atom stereocenters. The summed E-state index contributed by atoms with van der Waals surface area (Å²) < 4.78 is 2.00. The third-order valence-electron chi connectivity index (χ3n) is 4.34. The molecule has 0 unspecified atom stereocenters. The minimum Gasteiger partial charge on any atom is -0.323 e. The molecule has 1 fully saturated rings. The van der Waals surface area contributed by atoms with Crippen LogP contribution in [0.5, 0.6) is 0 Å². The van der Waals surface area contributed by atoms with Gasteiger partial charge in [0.15, 0.2) is 0 Å². The van der Waals surface area contributed by atoms with Gasteiger partial charge in [-0.15, -0.1) is 0 Å². The van der Waals surface area contributed by atoms with Crippen molar-refractivity contribution in [3.8, 4) is 0 Å². The Bertz CT molecular complexity index is 514. The van der Waals surface area contributed by atoms with E-state index in [0.717, 1.165) is 44.5 Å². The molecular formula is C16H24N4O. The second-order valence-corrected chi connectivity index (χ2v) is 6.02. The molecule has 1 aliphatic carbocycles. The Morgan fingerprint density at radius 2 is 2.24 bits per heavy atom. The van der Waals surface area contributed by atoms with Gasteiger partial charge in [-0.05, 0) is 51.6 Å². The molecular weight excluding hydrogens is 264 g/mol. The van der Waals surface area contributed by atoms with Crippen molar-refractivity contribution in [2.45, 2.75) is 51.0 Å². The molecule has 2 heterocycles. The van der Waals surface area contributed by atoms with Gasteiger partial charge >= 0.3 is 0 Å². The van der Waals surface area contributed by atoms with Crippen molar-refractivity contribution < 1.29 is 4.79 Å². The highest BCUT2D eigenvalue weighted by molar-refractivity contribution is 5.92. The third kappa shape index (κ3) is 3.94. The summed E-state index contributed by atoms with van der Waals surface area (Å²) in [5.74, 6) is 0.0769. The zero-order valence-electron chi connectivity index (χ0n) is 12.5. The van der Waals surface area contributed by atoms with E-state index in [1.165, 1.54) is 18.4 Å². The van der Waals surface area contributed by atoms with Crippen molar-refractivity contribution in [1.82, 2.24) is 15.1 Å². The first kappa shape index (κ1) is 14.3. The van der Waals surface area contributed by atoms with Gasteiger partial charge in [-0.25, -0.2) is 0 Å². The first-order chi connectivity index (χ1) is 10.3. The van der Waals surface area contributed by atoms with Crippen molar-refractivity contribution in [1.29, 1.82) is 0 Å². The second-order valence-electron chi connectivity index (χ2n) is 6.02. The van der Waals surface area contributed by atoms with Gasteiger partial charge in [0.1, 0.15) is 0 Å². The summed E-state index contributed by atoms with van der Waals surface area (Å²) in [6.07, 6.45) is 13.3. The Balaban J connectivity index is 1.53. The van der Waals surface area contributed by atoms with Crippen LogP contribution in [0.3, 0.4) is 0 Å². The number of hydrogen-bond donors (Lipinski definition) is 2. The number of piperidine rings is 1. The summed E-state index contributed by atoms with van der Waals surface area (Å²) in [5.41, 5.74) is 2.10. The lowest BCUT2D eigenvalue weighted by Gasteiger charge is -2.22. The molecule has 1 amide bonds. The lowest BCUT2D eigenvalue weighted by atomic mass is 9.97. The lowest BCUT2D eigenvalue weighted by molar-refractivity contribution is -0.115. The SMILES string of the molecule is O=C(CC1=CCCCC1)Nc1cnn(C2CCNCC2)c1. The largest absolute Gasteiger partial charge is 0.323 e. The van der Waals surface area contributed by atoms with E-state index in [0.29, 0.717) is 12.5 Å². The lowest BCUT2D eigenvalue weighted by Crippen LogP contribution is -2.29. The number of nitrogens with zero attached hydrogens (tertiary/aromatic N) is 2. The molecule has 21 heavy (non-hydrogen) atoms. The third-order valence-corrected chi connectivity index (χ3v) is 4.34. The number of allylic oxidation sites excluding steroid dienone is 1. The maximum Gasteiger partial charge on any atom is 0.228 e. The molecule has 0 bridgehead atoms. The van der Waals surface area contributed by atoms with Crippen molar-refractivity contribution in [3.63, 3.8) is 0 Å². The number of carbonyl (C=O) groups excluding carboxylic acids is 1. The van der Waals surface area contributed by atoms with Crippen LogP contribution < -0.4 is 10.6 Å². The smallest absolute Gasteiger partial charge is 0.228 e. The maximum absolute atomic E-state index is 12.1. The van der Waals surface area contributed by atoms with E-state index < -0.39 is 0 Å². The monoisotopic (exact) mass is 288 g/mol. The minimum absolute atomic E-state index is 0.0769. The molecule has 1 saturated heterocycles. The van der Waals surface area contributed by atoms with Gasteiger partial charge in [-0.3, -0.25) is 9.48 Å². The number of carbonyl (C=O) groups is 1. The van der Waals surface area contributed by atoms with Crippen LogP contribution in [-0.2, 0) is 4.79 Å². The summed E-state index contributed by atoms with van der Waals surface area (Å²) in [6.45, 7) is 2.08. The molecule has 5 heteroatoms. The molecule has 0 saturated carbocycles. The normalized spacial score (nSPS) is 20.1. The molecule has 3 rings (SSSR count). The van der Waals surface area contributed by atoms with Gasteiger partial charge < -0.3 is 10.6 Å². The van der Waals surface area contributed by atoms with Crippen LogP contribution in [0.1, 0.15) is 51.0 Å². The van der Waals surface area contributed by atoms with E-state index in [2.05, 4.69) is 21.8 Å². The van der Waals surface area contributed by atoms with Crippen molar-refractivity contribution in [3.05, 3.63) is 24.0 Å². The molecule has 2 aliphatic rings. The summed E-state index contributed by atoms with van der Waals surface area (Å²) in [7, 11) is 0. The molecule has 1 aliphatic heterocycles. The summed E-state index contributed by atoms with van der Waals surface area (Å²) in [4.78, 5) is 12.1. The Hall–Kier alpha value is -1.62. The minimum atomic E-state index is 0.0769. The number of amides is 1. The first-order valence-electron chi connectivity index (χ1n) is 8.04. The fourth-order valence-corrected chi connectivity index (χ4v) is 3.15. The number of rotatable bonds is 4. The standard InChI is InChI=1S/C16H24N4O/c21-16(10-13-4-2-1-3-5-13)19-14-11-18-20(12-14)15-6-8-17-9-7-15/h4,11-12,15,17H,1-3,5-10H2,(H,19,21). The van der Waals surface area contributed by atoms with Gasteiger partial charge in [0.05, 0.1) is 17.9 Å². The average Bonchev–Trinajstić information content (AvgIpc) is 2.97. The fourth-order valence-electron chi connectivity index (χ4n) is 3.15. The van der Waals surface area contributed by atoms with E-state index in [1.54, 1.807) is 6.20 Å². The molecule has 114 valence electrons. The number of nitrogens with one attached hydrogen (secondary N) is 2. The van der Waals surface area contributed by atoms with Gasteiger partial charge in [0, 0.05) is 12.6 Å². The Morgan fingerprint density at radius 1 is 1.38 bits per heavy atom. The van der Waals surface area contributed by atoms with E-state index in [4.69, 9.17) is 0 Å². The molecule has 1 aromatic rings. The Kier molecular flexibility index (Phi) is 4.70. The topological polar surface area (TPSA) is 59.0 Å². The van der Waals surface area contributed by atoms with Gasteiger partial charge in [-0.1, -0.05) is 11.6 Å². The van der Waals surface area contributed by atoms with E-state index in [9.17, 15) is 4.79 Å². The first-order valence-corrected chi connectivity index (χ1v) is 8.04. The average molecular weight is 288 g/mol. The van der Waals surface area contributed by atoms with Crippen LogP contribution in [-0.4, -0.2) is 28.8 Å². The predicted octanol–water partition coefficient (Wildman–Crippen LogP) is 2.64. The van der Waals surface area contributed by atoms with Crippen molar-refractivity contribution in [2.75, 3.05) is 18.4 Å². The van der Waals surface area contributed by atoms with E-state index >= 15 is 0 Å². The molecule has 2 N–H and O–H groups in total. The zero-order valence-corrected chi connectivity index (χ0v) is 12.5. The summed E-state index contributed by atoms with van der Waals surface area (Å²) >= 11 is 0. The predicted molar refractivity (Wildman–Crippen MR) is 83.2 cm³/mol. The van der Waals surface area contributed by atoms with Crippen LogP contribution in [0.25, 0.3) is 0 Å².